The van der Waals surface area contributed by atoms with Crippen LogP contribution in [0.4, 0.5) is 0 Å². The molecule has 3 rings (SSSR count). The van der Waals surface area contributed by atoms with Crippen molar-refractivity contribution in [2.24, 2.45) is 0 Å². The average Bonchev–Trinajstić information content (AvgIpc) is 3.05. The minimum atomic E-state index is -0.837. The lowest BCUT2D eigenvalue weighted by Crippen LogP contribution is -2.06. The highest BCUT2D eigenvalue weighted by Gasteiger charge is 2.30. The van der Waals surface area contributed by atoms with E-state index in [1.165, 1.54) is 16.6 Å². The molecule has 0 amide bonds. The van der Waals surface area contributed by atoms with Crippen LogP contribution in [0.15, 0.2) is 21.1 Å². The molecule has 2 heterocycles. The van der Waals surface area contributed by atoms with Crippen LogP contribution in [0, 0.1) is 0 Å². The van der Waals surface area contributed by atoms with Gasteiger partial charge in [0.1, 0.15) is 5.82 Å². The second-order valence-electron chi connectivity index (χ2n) is 4.61. The van der Waals surface area contributed by atoms with Gasteiger partial charge < -0.3 is 9.67 Å². The van der Waals surface area contributed by atoms with E-state index in [4.69, 9.17) is 5.11 Å². The SMILES string of the molecule is O=C(O)CSc1nnc(C2CC2)n1Cc1cc(Br)cs1. The fourth-order valence-electron chi connectivity index (χ4n) is 1.92. The molecular weight excluding hydrogens is 362 g/mol. The molecule has 0 bridgehead atoms. The molecule has 0 aliphatic heterocycles. The molecule has 8 heteroatoms. The van der Waals surface area contributed by atoms with Crippen molar-refractivity contribution in [3.8, 4) is 0 Å². The minimum absolute atomic E-state index is 0.0108. The summed E-state index contributed by atoms with van der Waals surface area (Å²) in [7, 11) is 0. The third kappa shape index (κ3) is 3.24. The quantitative estimate of drug-likeness (QED) is 0.787. The smallest absolute Gasteiger partial charge is 0.313 e. The summed E-state index contributed by atoms with van der Waals surface area (Å²) in [4.78, 5) is 11.9. The first kappa shape index (κ1) is 14.1. The van der Waals surface area contributed by atoms with Gasteiger partial charge in [-0.2, -0.15) is 0 Å². The predicted octanol–water partition coefficient (Wildman–Crippen LogP) is 3.20. The normalized spacial score (nSPS) is 14.7. The molecule has 2 aromatic heterocycles. The summed E-state index contributed by atoms with van der Waals surface area (Å²) in [6.45, 7) is 0.705. The monoisotopic (exact) mass is 373 g/mol. The number of carboxylic acids is 1. The molecule has 0 aromatic carbocycles. The summed E-state index contributed by atoms with van der Waals surface area (Å²) in [6, 6.07) is 2.08. The first-order valence-electron chi connectivity index (χ1n) is 6.14. The van der Waals surface area contributed by atoms with Gasteiger partial charge in [-0.05, 0) is 34.8 Å². The number of hydrogen-bond acceptors (Lipinski definition) is 5. The number of carboxylic acid groups (broad SMARTS) is 1. The standard InChI is InChI=1S/C12H12BrN3O2S2/c13-8-3-9(19-5-8)4-16-11(7-1-2-7)14-15-12(16)20-6-10(17)18/h3,5,7H,1-2,4,6H2,(H,17,18). The van der Waals surface area contributed by atoms with E-state index in [1.807, 2.05) is 5.38 Å². The van der Waals surface area contributed by atoms with Crippen LogP contribution in [0.2, 0.25) is 0 Å². The Morgan fingerprint density at radius 1 is 1.55 bits per heavy atom. The Bertz CT molecular complexity index is 636. The Balaban J connectivity index is 1.84. The number of hydrogen-bond donors (Lipinski definition) is 1. The zero-order valence-corrected chi connectivity index (χ0v) is 13.7. The number of halogens is 1. The fraction of sp³-hybridized carbons (Fsp3) is 0.417. The molecule has 5 nitrogen and oxygen atoms in total. The highest BCUT2D eigenvalue weighted by atomic mass is 79.9. The van der Waals surface area contributed by atoms with Crippen LogP contribution in [0.1, 0.15) is 29.5 Å². The highest BCUT2D eigenvalue weighted by molar-refractivity contribution is 9.10. The van der Waals surface area contributed by atoms with E-state index >= 15 is 0 Å². The molecule has 0 radical (unpaired) electrons. The molecule has 1 fully saturated rings. The van der Waals surface area contributed by atoms with E-state index in [0.29, 0.717) is 17.6 Å². The summed E-state index contributed by atoms with van der Waals surface area (Å²) in [5.41, 5.74) is 0. The van der Waals surface area contributed by atoms with E-state index in [-0.39, 0.29) is 5.75 Å². The number of aliphatic carboxylic acids is 1. The molecule has 20 heavy (non-hydrogen) atoms. The van der Waals surface area contributed by atoms with Crippen molar-refractivity contribution in [1.82, 2.24) is 14.8 Å². The maximum atomic E-state index is 10.7. The molecule has 1 aliphatic rings. The van der Waals surface area contributed by atoms with Crippen LogP contribution in [0.25, 0.3) is 0 Å². The summed E-state index contributed by atoms with van der Waals surface area (Å²) in [5.74, 6) is 0.653. The lowest BCUT2D eigenvalue weighted by atomic mass is 10.4. The number of aromatic nitrogens is 3. The Hall–Kier alpha value is -0.860. The average molecular weight is 374 g/mol. The van der Waals surface area contributed by atoms with Crippen LogP contribution in [0.3, 0.4) is 0 Å². The van der Waals surface area contributed by atoms with Crippen LogP contribution in [-0.4, -0.2) is 31.6 Å². The predicted molar refractivity (Wildman–Crippen MR) is 81.5 cm³/mol. The second-order valence-corrected chi connectivity index (χ2v) is 7.47. The van der Waals surface area contributed by atoms with Gasteiger partial charge in [0.25, 0.3) is 0 Å². The number of thiophene rings is 1. The maximum Gasteiger partial charge on any atom is 0.313 e. The molecule has 1 aliphatic carbocycles. The third-order valence-corrected chi connectivity index (χ3v) is 5.58. The third-order valence-electron chi connectivity index (χ3n) is 2.95. The van der Waals surface area contributed by atoms with E-state index < -0.39 is 5.97 Å². The molecule has 0 spiro atoms. The van der Waals surface area contributed by atoms with Crippen LogP contribution < -0.4 is 0 Å². The number of rotatable bonds is 6. The maximum absolute atomic E-state index is 10.7. The summed E-state index contributed by atoms with van der Waals surface area (Å²) < 4.78 is 3.13. The second kappa shape index (κ2) is 5.87. The number of carbonyl (C=O) groups is 1. The first-order chi connectivity index (χ1) is 9.63. The van der Waals surface area contributed by atoms with Crippen LogP contribution >= 0.6 is 39.0 Å². The van der Waals surface area contributed by atoms with Crippen molar-refractivity contribution in [3.63, 3.8) is 0 Å². The molecule has 2 aromatic rings. The van der Waals surface area contributed by atoms with Gasteiger partial charge in [0.15, 0.2) is 5.16 Å². The number of thioether (sulfide) groups is 1. The zero-order chi connectivity index (χ0) is 14.1. The lowest BCUT2D eigenvalue weighted by Gasteiger charge is -2.07. The zero-order valence-electron chi connectivity index (χ0n) is 10.5. The van der Waals surface area contributed by atoms with Crippen molar-refractivity contribution >= 4 is 45.0 Å². The molecule has 1 saturated carbocycles. The van der Waals surface area contributed by atoms with Gasteiger partial charge in [0.05, 0.1) is 12.3 Å². The molecule has 0 unspecified atom stereocenters. The fourth-order valence-corrected chi connectivity index (χ4v) is 4.02. The van der Waals surface area contributed by atoms with Gasteiger partial charge in [-0.15, -0.1) is 21.5 Å². The minimum Gasteiger partial charge on any atom is -0.481 e. The molecule has 1 N–H and O–H groups in total. The number of nitrogens with zero attached hydrogens (tertiary/aromatic N) is 3. The topological polar surface area (TPSA) is 68.0 Å². The summed E-state index contributed by atoms with van der Waals surface area (Å²) in [5, 5.41) is 19.9. The Kier molecular flexibility index (Phi) is 4.13. The van der Waals surface area contributed by atoms with Crippen molar-refractivity contribution in [3.05, 3.63) is 26.6 Å². The van der Waals surface area contributed by atoms with E-state index in [1.54, 1.807) is 11.3 Å². The first-order valence-corrected chi connectivity index (χ1v) is 8.80. The Morgan fingerprint density at radius 3 is 2.95 bits per heavy atom. The molecule has 0 saturated heterocycles. The van der Waals surface area contributed by atoms with Gasteiger partial charge in [0, 0.05) is 20.6 Å². The van der Waals surface area contributed by atoms with E-state index in [0.717, 1.165) is 23.1 Å². The highest BCUT2D eigenvalue weighted by Crippen LogP contribution is 2.40. The van der Waals surface area contributed by atoms with Crippen LogP contribution in [-0.2, 0) is 11.3 Å². The van der Waals surface area contributed by atoms with Crippen molar-refractivity contribution in [2.75, 3.05) is 5.75 Å². The van der Waals surface area contributed by atoms with Crippen molar-refractivity contribution in [2.45, 2.75) is 30.5 Å². The molecule has 0 atom stereocenters. The van der Waals surface area contributed by atoms with Crippen molar-refractivity contribution < 1.29 is 9.90 Å². The molecular formula is C12H12BrN3O2S2. The van der Waals surface area contributed by atoms with Gasteiger partial charge in [-0.25, -0.2) is 0 Å². The van der Waals surface area contributed by atoms with Crippen molar-refractivity contribution in [1.29, 1.82) is 0 Å². The summed E-state index contributed by atoms with van der Waals surface area (Å²) in [6.07, 6.45) is 2.30. The van der Waals surface area contributed by atoms with Gasteiger partial charge in [-0.1, -0.05) is 11.8 Å². The Morgan fingerprint density at radius 2 is 2.35 bits per heavy atom. The molecule has 106 valence electrons. The lowest BCUT2D eigenvalue weighted by molar-refractivity contribution is -0.133. The largest absolute Gasteiger partial charge is 0.481 e. The summed E-state index contributed by atoms with van der Waals surface area (Å²) >= 11 is 6.35. The van der Waals surface area contributed by atoms with E-state index in [9.17, 15) is 4.79 Å². The Labute approximate surface area is 132 Å². The van der Waals surface area contributed by atoms with Gasteiger partial charge in [0.2, 0.25) is 0 Å². The van der Waals surface area contributed by atoms with Gasteiger partial charge in [-0.3, -0.25) is 4.79 Å². The van der Waals surface area contributed by atoms with Gasteiger partial charge >= 0.3 is 5.97 Å². The van der Waals surface area contributed by atoms with E-state index in [2.05, 4.69) is 36.8 Å². The van der Waals surface area contributed by atoms with Crippen LogP contribution in [0.5, 0.6) is 0 Å².